The fourth-order valence-corrected chi connectivity index (χ4v) is 2.08. The van der Waals surface area contributed by atoms with Gasteiger partial charge in [-0.05, 0) is 24.6 Å². The molecule has 1 aromatic carbocycles. The lowest BCUT2D eigenvalue weighted by atomic mass is 10.0. The third-order valence-electron chi connectivity index (χ3n) is 3.15. The molecule has 21 heavy (non-hydrogen) atoms. The fraction of sp³-hybridized carbons (Fsp3) is 0.312. The van der Waals surface area contributed by atoms with Gasteiger partial charge in [0, 0.05) is 12.5 Å². The number of nitrogens with one attached hydrogen (secondary N) is 1. The molecule has 0 unspecified atom stereocenters. The highest BCUT2D eigenvalue weighted by Gasteiger charge is 2.22. The van der Waals surface area contributed by atoms with Crippen LogP contribution in [0.15, 0.2) is 28.8 Å². The van der Waals surface area contributed by atoms with Gasteiger partial charge in [0.1, 0.15) is 5.56 Å². The van der Waals surface area contributed by atoms with Gasteiger partial charge < -0.3 is 9.84 Å². The van der Waals surface area contributed by atoms with Crippen molar-refractivity contribution in [2.75, 3.05) is 0 Å². The van der Waals surface area contributed by atoms with Gasteiger partial charge in [-0.15, -0.1) is 0 Å². The van der Waals surface area contributed by atoms with Gasteiger partial charge in [0.2, 0.25) is 0 Å². The van der Waals surface area contributed by atoms with Crippen molar-refractivity contribution in [3.63, 3.8) is 0 Å². The zero-order chi connectivity index (χ0) is 15.4. The van der Waals surface area contributed by atoms with E-state index in [9.17, 15) is 4.79 Å². The van der Waals surface area contributed by atoms with E-state index in [0.29, 0.717) is 29.1 Å². The summed E-state index contributed by atoms with van der Waals surface area (Å²) in [5, 5.41) is 15.6. The molecule has 1 N–H and O–H groups in total. The molecule has 1 heterocycles. The smallest absolute Gasteiger partial charge is 0.257 e. The molecule has 0 atom stereocenters. The van der Waals surface area contributed by atoms with Gasteiger partial charge in [-0.3, -0.25) is 4.79 Å². The number of carbonyl (C=O) groups excluding carboxylic acids is 1. The first-order chi connectivity index (χ1) is 10.0. The van der Waals surface area contributed by atoms with Crippen molar-refractivity contribution in [3.05, 3.63) is 52.4 Å². The average molecular weight is 283 g/mol. The predicted molar refractivity (Wildman–Crippen MR) is 77.7 cm³/mol. The number of carbonyl (C=O) groups is 1. The van der Waals surface area contributed by atoms with Crippen LogP contribution in [0.1, 0.15) is 52.7 Å². The first-order valence-corrected chi connectivity index (χ1v) is 6.76. The van der Waals surface area contributed by atoms with Crippen LogP contribution in [0.4, 0.5) is 0 Å². The zero-order valence-electron chi connectivity index (χ0n) is 12.3. The maximum Gasteiger partial charge on any atom is 0.257 e. The van der Waals surface area contributed by atoms with Gasteiger partial charge in [-0.25, -0.2) is 0 Å². The molecule has 108 valence electrons. The van der Waals surface area contributed by atoms with E-state index >= 15 is 0 Å². The summed E-state index contributed by atoms with van der Waals surface area (Å²) in [6, 6.07) is 9.22. The second kappa shape index (κ2) is 6.23. The van der Waals surface area contributed by atoms with Crippen molar-refractivity contribution in [2.24, 2.45) is 0 Å². The molecule has 0 aliphatic carbocycles. The summed E-state index contributed by atoms with van der Waals surface area (Å²) in [6.45, 7) is 6.01. The van der Waals surface area contributed by atoms with Crippen LogP contribution in [0, 0.1) is 18.3 Å². The molecule has 2 aromatic rings. The molecule has 0 bridgehead atoms. The number of nitriles is 1. The Morgan fingerprint density at radius 1 is 1.48 bits per heavy atom. The van der Waals surface area contributed by atoms with Gasteiger partial charge in [0.15, 0.2) is 5.76 Å². The Balaban J connectivity index is 2.12. The van der Waals surface area contributed by atoms with Crippen molar-refractivity contribution in [2.45, 2.75) is 33.2 Å². The van der Waals surface area contributed by atoms with Crippen molar-refractivity contribution in [1.29, 1.82) is 5.26 Å². The topological polar surface area (TPSA) is 78.9 Å². The number of hydrogen-bond donors (Lipinski definition) is 1. The summed E-state index contributed by atoms with van der Waals surface area (Å²) < 4.78 is 5.21. The van der Waals surface area contributed by atoms with E-state index in [-0.39, 0.29) is 11.8 Å². The summed E-state index contributed by atoms with van der Waals surface area (Å²) in [7, 11) is 0. The standard InChI is InChI=1S/C16H17N3O2/c1-10(2)15-14(11(3)19-21-15)16(20)18-9-13-6-4-5-12(7-13)8-17/h4-7,10H,9H2,1-3H3,(H,18,20). The Morgan fingerprint density at radius 2 is 2.24 bits per heavy atom. The zero-order valence-corrected chi connectivity index (χ0v) is 12.3. The number of amides is 1. The molecule has 0 saturated carbocycles. The van der Waals surface area contributed by atoms with E-state index in [1.54, 1.807) is 25.1 Å². The highest BCUT2D eigenvalue weighted by atomic mass is 16.5. The van der Waals surface area contributed by atoms with Gasteiger partial charge in [0.25, 0.3) is 5.91 Å². The summed E-state index contributed by atoms with van der Waals surface area (Å²) in [5.74, 6) is 0.476. The minimum Gasteiger partial charge on any atom is -0.360 e. The summed E-state index contributed by atoms with van der Waals surface area (Å²) >= 11 is 0. The molecule has 0 spiro atoms. The molecule has 0 saturated heterocycles. The second-order valence-corrected chi connectivity index (χ2v) is 5.16. The van der Waals surface area contributed by atoms with Gasteiger partial charge in [-0.1, -0.05) is 31.1 Å². The highest BCUT2D eigenvalue weighted by molar-refractivity contribution is 5.96. The molecule has 2 rings (SSSR count). The fourth-order valence-electron chi connectivity index (χ4n) is 2.08. The van der Waals surface area contributed by atoms with Crippen LogP contribution < -0.4 is 5.32 Å². The Labute approximate surface area is 123 Å². The molecular formula is C16H17N3O2. The number of benzene rings is 1. The van der Waals surface area contributed by atoms with E-state index in [2.05, 4.69) is 16.5 Å². The number of hydrogen-bond acceptors (Lipinski definition) is 4. The predicted octanol–water partition coefficient (Wildman–Crippen LogP) is 2.91. The summed E-state index contributed by atoms with van der Waals surface area (Å²) in [6.07, 6.45) is 0. The van der Waals surface area contributed by atoms with E-state index in [1.165, 1.54) is 0 Å². The second-order valence-electron chi connectivity index (χ2n) is 5.16. The minimum atomic E-state index is -0.209. The number of rotatable bonds is 4. The van der Waals surface area contributed by atoms with Crippen molar-refractivity contribution in [3.8, 4) is 6.07 Å². The maximum atomic E-state index is 12.3. The molecular weight excluding hydrogens is 266 g/mol. The lowest BCUT2D eigenvalue weighted by molar-refractivity contribution is 0.0948. The Morgan fingerprint density at radius 3 is 2.90 bits per heavy atom. The molecule has 0 radical (unpaired) electrons. The lowest BCUT2D eigenvalue weighted by Crippen LogP contribution is -2.24. The largest absolute Gasteiger partial charge is 0.360 e. The first kappa shape index (κ1) is 14.8. The highest BCUT2D eigenvalue weighted by Crippen LogP contribution is 2.22. The monoisotopic (exact) mass is 283 g/mol. The molecule has 1 aromatic heterocycles. The SMILES string of the molecule is Cc1noc(C(C)C)c1C(=O)NCc1cccc(C#N)c1. The van der Waals surface area contributed by atoms with E-state index < -0.39 is 0 Å². The van der Waals surface area contributed by atoms with Gasteiger partial charge >= 0.3 is 0 Å². The van der Waals surface area contributed by atoms with Crippen LogP contribution in [0.5, 0.6) is 0 Å². The Bertz CT molecular complexity index is 696. The molecule has 1 amide bonds. The summed E-state index contributed by atoms with van der Waals surface area (Å²) in [5.41, 5.74) is 2.54. The molecule has 0 fully saturated rings. The Hall–Kier alpha value is -2.61. The van der Waals surface area contributed by atoms with Crippen LogP contribution in [0.25, 0.3) is 0 Å². The quantitative estimate of drug-likeness (QED) is 0.935. The number of aromatic nitrogens is 1. The molecule has 0 aliphatic rings. The van der Waals surface area contributed by atoms with E-state index in [1.807, 2.05) is 19.9 Å². The van der Waals surface area contributed by atoms with Crippen LogP contribution in [-0.2, 0) is 6.54 Å². The third kappa shape index (κ3) is 3.29. The van der Waals surface area contributed by atoms with Gasteiger partial charge in [-0.2, -0.15) is 5.26 Å². The van der Waals surface area contributed by atoms with Gasteiger partial charge in [0.05, 0.1) is 17.3 Å². The van der Waals surface area contributed by atoms with Crippen molar-refractivity contribution >= 4 is 5.91 Å². The number of nitrogens with zero attached hydrogens (tertiary/aromatic N) is 2. The first-order valence-electron chi connectivity index (χ1n) is 6.76. The van der Waals surface area contributed by atoms with Crippen LogP contribution in [0.2, 0.25) is 0 Å². The third-order valence-corrected chi connectivity index (χ3v) is 3.15. The molecule has 5 heteroatoms. The van der Waals surface area contributed by atoms with Crippen LogP contribution in [0.3, 0.4) is 0 Å². The van der Waals surface area contributed by atoms with Crippen molar-refractivity contribution < 1.29 is 9.32 Å². The molecule has 0 aliphatic heterocycles. The van der Waals surface area contributed by atoms with E-state index in [0.717, 1.165) is 5.56 Å². The minimum absolute atomic E-state index is 0.0915. The van der Waals surface area contributed by atoms with E-state index in [4.69, 9.17) is 9.78 Å². The Kier molecular flexibility index (Phi) is 4.39. The maximum absolute atomic E-state index is 12.3. The average Bonchev–Trinajstić information content (AvgIpc) is 2.87. The summed E-state index contributed by atoms with van der Waals surface area (Å²) in [4.78, 5) is 12.3. The van der Waals surface area contributed by atoms with Crippen LogP contribution >= 0.6 is 0 Å². The number of aryl methyl sites for hydroxylation is 1. The van der Waals surface area contributed by atoms with Crippen molar-refractivity contribution in [1.82, 2.24) is 10.5 Å². The normalized spacial score (nSPS) is 10.4. The van der Waals surface area contributed by atoms with Crippen LogP contribution in [-0.4, -0.2) is 11.1 Å². The molecule has 5 nitrogen and oxygen atoms in total. The lowest BCUT2D eigenvalue weighted by Gasteiger charge is -2.07.